The van der Waals surface area contributed by atoms with Crippen molar-refractivity contribution in [3.05, 3.63) is 259 Å². The minimum absolute atomic E-state index is 0.474. The third kappa shape index (κ3) is 4.70. The van der Waals surface area contributed by atoms with Gasteiger partial charge in [0.2, 0.25) is 0 Å². The van der Waals surface area contributed by atoms with E-state index in [1.807, 2.05) is 0 Å². The Morgan fingerprint density at radius 3 is 1.73 bits per heavy atom. The van der Waals surface area contributed by atoms with Crippen LogP contribution in [-0.2, 0) is 5.41 Å². The van der Waals surface area contributed by atoms with Gasteiger partial charge in [-0.1, -0.05) is 164 Å². The lowest BCUT2D eigenvalue weighted by molar-refractivity contribution is 0.748. The summed E-state index contributed by atoms with van der Waals surface area (Å²) in [6.07, 6.45) is 0. The van der Waals surface area contributed by atoms with E-state index in [1.54, 1.807) is 0 Å². The highest BCUT2D eigenvalue weighted by Gasteiger charge is 2.50. The van der Waals surface area contributed by atoms with Crippen LogP contribution < -0.4 is 4.90 Å². The van der Waals surface area contributed by atoms with E-state index in [9.17, 15) is 0 Å². The second-order valence-corrected chi connectivity index (χ2v) is 17.2. The van der Waals surface area contributed by atoms with Gasteiger partial charge in [0.15, 0.2) is 0 Å². The molecule has 3 heterocycles. The molecule has 1 unspecified atom stereocenters. The number of anilines is 3. The number of rotatable bonds is 5. The first kappa shape index (κ1) is 35.2. The second-order valence-electron chi connectivity index (χ2n) is 17.2. The van der Waals surface area contributed by atoms with E-state index in [-0.39, 0.29) is 0 Å². The van der Waals surface area contributed by atoms with Crippen LogP contribution in [0.1, 0.15) is 22.3 Å². The summed E-state index contributed by atoms with van der Waals surface area (Å²) >= 11 is 0. The van der Waals surface area contributed by atoms with Gasteiger partial charge in [0.25, 0.3) is 0 Å². The molecule has 1 aliphatic heterocycles. The van der Waals surface area contributed by atoms with Crippen LogP contribution in [-0.4, -0.2) is 9.13 Å². The number of benzene rings is 10. The predicted molar refractivity (Wildman–Crippen MR) is 266 cm³/mol. The summed E-state index contributed by atoms with van der Waals surface area (Å²) in [6, 6.07) is 87.5. The first-order valence-corrected chi connectivity index (χ1v) is 22.2. The molecule has 10 aromatic carbocycles. The molecule has 3 heteroatoms. The first-order chi connectivity index (χ1) is 31.8. The van der Waals surface area contributed by atoms with Gasteiger partial charge in [0.05, 0.1) is 33.2 Å². The summed E-state index contributed by atoms with van der Waals surface area (Å²) in [4.78, 5) is 2.40. The maximum Gasteiger partial charge on any atom is 0.0754 e. The van der Waals surface area contributed by atoms with Gasteiger partial charge in [-0.15, -0.1) is 0 Å². The van der Waals surface area contributed by atoms with Crippen LogP contribution in [0.5, 0.6) is 0 Å². The fraction of sp³-hybridized carbons (Fsp3) is 0.0164. The van der Waals surface area contributed by atoms with Crippen molar-refractivity contribution in [2.45, 2.75) is 5.41 Å². The van der Waals surface area contributed by atoms with Gasteiger partial charge in [0, 0.05) is 44.3 Å². The van der Waals surface area contributed by atoms with Gasteiger partial charge in [0.1, 0.15) is 0 Å². The number of aromatic nitrogens is 2. The lowest BCUT2D eigenvalue weighted by atomic mass is 9.65. The lowest BCUT2D eigenvalue weighted by Crippen LogP contribution is -2.33. The average molecular weight is 814 g/mol. The lowest BCUT2D eigenvalue weighted by Gasteiger charge is -2.39. The molecule has 0 N–H and O–H groups in total. The van der Waals surface area contributed by atoms with Crippen molar-refractivity contribution in [1.29, 1.82) is 0 Å². The maximum absolute atomic E-state index is 2.51. The molecule has 64 heavy (non-hydrogen) atoms. The molecule has 2 aliphatic rings. The van der Waals surface area contributed by atoms with Crippen LogP contribution in [0.4, 0.5) is 17.1 Å². The summed E-state index contributed by atoms with van der Waals surface area (Å²) in [5.41, 5.74) is 20.4. The maximum atomic E-state index is 2.51. The molecular formula is C61H39N3. The Bertz CT molecular complexity index is 3860. The Kier molecular flexibility index (Phi) is 7.32. The molecule has 14 rings (SSSR count). The zero-order valence-electron chi connectivity index (χ0n) is 34.9. The third-order valence-electron chi connectivity index (χ3n) is 14.1. The smallest absolute Gasteiger partial charge is 0.0754 e. The van der Waals surface area contributed by atoms with Crippen molar-refractivity contribution in [2.24, 2.45) is 0 Å². The Morgan fingerprint density at radius 2 is 0.891 bits per heavy atom. The number of para-hydroxylation sites is 6. The standard InChI is InChI=1S/C61H39N3/c1-3-18-42(19-4-1)62(45-34-35-49-47-24-8-12-30-56(47)63(59(49)39-45)43-20-5-2-6-21-43)44-22-15-17-40(37-44)41-33-36-53-51(38-41)46-23-7-10-27-52(46)61(53)54-28-11-14-32-58(54)64-57-31-13-9-25-48(57)50-26-16-29-55(61)60(50)64/h1-39H. The number of hydrogen-bond acceptors (Lipinski definition) is 1. The molecule has 12 aromatic rings. The molecule has 1 atom stereocenters. The molecule has 0 saturated carbocycles. The third-order valence-corrected chi connectivity index (χ3v) is 14.1. The molecule has 1 aliphatic carbocycles. The predicted octanol–water partition coefficient (Wildman–Crippen LogP) is 15.7. The van der Waals surface area contributed by atoms with Crippen molar-refractivity contribution in [2.75, 3.05) is 4.90 Å². The Morgan fingerprint density at radius 1 is 0.312 bits per heavy atom. The Hall–Kier alpha value is -8.40. The fourth-order valence-corrected chi connectivity index (χ4v) is 11.5. The zero-order chi connectivity index (χ0) is 41.9. The van der Waals surface area contributed by atoms with Crippen molar-refractivity contribution in [3.63, 3.8) is 0 Å². The van der Waals surface area contributed by atoms with Gasteiger partial charge >= 0.3 is 0 Å². The van der Waals surface area contributed by atoms with E-state index in [0.717, 1.165) is 22.7 Å². The van der Waals surface area contributed by atoms with Gasteiger partial charge in [-0.2, -0.15) is 0 Å². The molecule has 3 nitrogen and oxygen atoms in total. The van der Waals surface area contributed by atoms with Crippen LogP contribution in [0.2, 0.25) is 0 Å². The molecule has 1 spiro atoms. The summed E-state index contributed by atoms with van der Waals surface area (Å²) in [6.45, 7) is 0. The summed E-state index contributed by atoms with van der Waals surface area (Å²) in [5.74, 6) is 0. The molecular weight excluding hydrogens is 775 g/mol. The van der Waals surface area contributed by atoms with E-state index >= 15 is 0 Å². The number of fused-ring (bicyclic) bond motifs is 15. The van der Waals surface area contributed by atoms with Crippen molar-refractivity contribution in [1.82, 2.24) is 9.13 Å². The van der Waals surface area contributed by atoms with Crippen LogP contribution in [0, 0.1) is 0 Å². The normalized spacial score (nSPS) is 14.6. The number of hydrogen-bond donors (Lipinski definition) is 0. The van der Waals surface area contributed by atoms with Crippen LogP contribution in [0.25, 0.3) is 77.2 Å². The molecule has 0 amide bonds. The minimum Gasteiger partial charge on any atom is -0.310 e. The van der Waals surface area contributed by atoms with E-state index in [0.29, 0.717) is 0 Å². The van der Waals surface area contributed by atoms with Gasteiger partial charge in [-0.3, -0.25) is 0 Å². The quantitative estimate of drug-likeness (QED) is 0.169. The van der Waals surface area contributed by atoms with Gasteiger partial charge in [-0.05, 0) is 117 Å². The molecule has 0 radical (unpaired) electrons. The highest BCUT2D eigenvalue weighted by atomic mass is 15.1. The minimum atomic E-state index is -0.474. The van der Waals surface area contributed by atoms with E-state index in [2.05, 4.69) is 251 Å². The topological polar surface area (TPSA) is 13.1 Å². The van der Waals surface area contributed by atoms with E-state index < -0.39 is 5.41 Å². The summed E-state index contributed by atoms with van der Waals surface area (Å²) in [5, 5.41) is 5.07. The molecule has 0 bridgehead atoms. The fourth-order valence-electron chi connectivity index (χ4n) is 11.5. The highest BCUT2D eigenvalue weighted by Crippen LogP contribution is 2.61. The highest BCUT2D eigenvalue weighted by molar-refractivity contribution is 6.13. The summed E-state index contributed by atoms with van der Waals surface area (Å²) < 4.78 is 4.91. The van der Waals surface area contributed by atoms with Gasteiger partial charge in [-0.25, -0.2) is 0 Å². The largest absolute Gasteiger partial charge is 0.310 e. The monoisotopic (exact) mass is 813 g/mol. The van der Waals surface area contributed by atoms with Crippen molar-refractivity contribution < 1.29 is 0 Å². The first-order valence-electron chi connectivity index (χ1n) is 22.2. The SMILES string of the molecule is c1ccc(N(c2cccc(-c3ccc4c(c3)-c3ccccc3C43c4ccccc4-n4c5ccccc5c5cccc3c54)c2)c2ccc3c4ccccc4n(-c4ccccc4)c3c2)cc1. The van der Waals surface area contributed by atoms with Crippen LogP contribution in [0.3, 0.4) is 0 Å². The molecule has 298 valence electrons. The Balaban J connectivity index is 0.956. The zero-order valence-corrected chi connectivity index (χ0v) is 34.9. The van der Waals surface area contributed by atoms with E-state index in [4.69, 9.17) is 0 Å². The second kappa shape index (κ2) is 13.3. The molecule has 0 fully saturated rings. The molecule has 2 aromatic heterocycles. The van der Waals surface area contributed by atoms with Crippen molar-refractivity contribution in [3.8, 4) is 33.6 Å². The average Bonchev–Trinajstić information content (AvgIpc) is 3.99. The van der Waals surface area contributed by atoms with E-state index in [1.165, 1.54) is 93.8 Å². The molecule has 0 saturated heterocycles. The van der Waals surface area contributed by atoms with Crippen molar-refractivity contribution >= 4 is 60.7 Å². The van der Waals surface area contributed by atoms with Crippen LogP contribution in [0.15, 0.2) is 237 Å². The summed E-state index contributed by atoms with van der Waals surface area (Å²) in [7, 11) is 0. The van der Waals surface area contributed by atoms with Gasteiger partial charge < -0.3 is 14.0 Å². The Labute approximate surface area is 371 Å². The van der Waals surface area contributed by atoms with Crippen LogP contribution >= 0.6 is 0 Å². The number of nitrogens with zero attached hydrogens (tertiary/aromatic N) is 3.